The summed E-state index contributed by atoms with van der Waals surface area (Å²) in [7, 11) is 0. The fourth-order valence-corrected chi connectivity index (χ4v) is 0.730. The molecule has 0 heterocycles. The molecule has 0 saturated carbocycles. The van der Waals surface area contributed by atoms with Crippen molar-refractivity contribution in [1.82, 2.24) is 0 Å². The Kier molecular flexibility index (Phi) is 29.4. The Morgan fingerprint density at radius 3 is 1.00 bits per heavy atom. The van der Waals surface area contributed by atoms with E-state index in [1.807, 2.05) is 0 Å². The largest absolute Gasteiger partial charge is 0.481 e. The molecular formula is C19H33N3O16. The molecule has 0 aliphatic rings. The summed E-state index contributed by atoms with van der Waals surface area (Å²) in [6, 6.07) is -2.52. The Morgan fingerprint density at radius 2 is 0.842 bits per heavy atom. The van der Waals surface area contributed by atoms with Gasteiger partial charge in [0.1, 0.15) is 18.1 Å². The molecule has 0 aliphatic heterocycles. The van der Waals surface area contributed by atoms with Crippen LogP contribution in [-0.2, 0) is 43.2 Å². The number of carbonyl (C=O) groups excluding carboxylic acids is 2. The van der Waals surface area contributed by atoms with E-state index in [4.69, 9.17) is 52.9 Å². The maximum absolute atomic E-state index is 10.2. The van der Waals surface area contributed by atoms with Crippen LogP contribution in [0.25, 0.3) is 0 Å². The standard InChI is InChI=1S/C5H9NO4.C5H6O5.2C3H7NO2.C3H4O3/c2*6-3(5(9)10)1-2-4(7)8;3*1-2(4)3(5)6/h3H,1-2,6H2,(H,7,8)(H,9,10);1-2H2,(H,7,8)(H,9,10);2*2H,4H2,1H3,(H,5,6);1H3,(H,5,6)/t3-;;2*2-;/m1.10./s1. The van der Waals surface area contributed by atoms with Gasteiger partial charge in [-0.25, -0.2) is 9.59 Å². The first-order valence-electron chi connectivity index (χ1n) is 9.89. The molecule has 19 nitrogen and oxygen atoms in total. The summed E-state index contributed by atoms with van der Waals surface area (Å²) in [6.45, 7) is 3.84. The molecule has 3 atom stereocenters. The molecule has 0 aromatic rings. The van der Waals surface area contributed by atoms with E-state index in [9.17, 15) is 43.2 Å². The van der Waals surface area contributed by atoms with Crippen LogP contribution >= 0.6 is 0 Å². The number of hydrogen-bond acceptors (Lipinski definition) is 12. The van der Waals surface area contributed by atoms with Gasteiger partial charge in [0.25, 0.3) is 0 Å². The van der Waals surface area contributed by atoms with Crippen LogP contribution < -0.4 is 17.2 Å². The van der Waals surface area contributed by atoms with Crippen LogP contribution in [0.15, 0.2) is 0 Å². The van der Waals surface area contributed by atoms with Crippen molar-refractivity contribution in [1.29, 1.82) is 0 Å². The monoisotopic (exact) mass is 559 g/mol. The smallest absolute Gasteiger partial charge is 0.372 e. The highest BCUT2D eigenvalue weighted by molar-refractivity contribution is 6.32. The molecule has 0 rings (SSSR count). The van der Waals surface area contributed by atoms with E-state index < -0.39 is 84.3 Å². The molecule has 0 bridgehead atoms. The van der Waals surface area contributed by atoms with Gasteiger partial charge in [-0.05, 0) is 20.3 Å². The maximum Gasteiger partial charge on any atom is 0.372 e. The second-order valence-corrected chi connectivity index (χ2v) is 6.61. The summed E-state index contributed by atoms with van der Waals surface area (Å²) in [4.78, 5) is 87.6. The molecule has 0 aromatic carbocycles. The van der Waals surface area contributed by atoms with E-state index in [1.165, 1.54) is 13.8 Å². The Hall–Kier alpha value is -4.49. The molecule has 0 aromatic heterocycles. The number of hydrogen-bond donors (Lipinski definition) is 10. The van der Waals surface area contributed by atoms with Crippen molar-refractivity contribution in [3.05, 3.63) is 0 Å². The third kappa shape index (κ3) is 45.1. The van der Waals surface area contributed by atoms with Crippen LogP contribution in [0.5, 0.6) is 0 Å². The van der Waals surface area contributed by atoms with E-state index in [0.717, 1.165) is 6.92 Å². The number of carbonyl (C=O) groups is 9. The maximum atomic E-state index is 10.2. The van der Waals surface area contributed by atoms with Crippen molar-refractivity contribution >= 4 is 53.4 Å². The van der Waals surface area contributed by atoms with Gasteiger partial charge in [-0.15, -0.1) is 0 Å². The Labute approximate surface area is 214 Å². The van der Waals surface area contributed by atoms with Crippen molar-refractivity contribution in [3.8, 4) is 0 Å². The summed E-state index contributed by atoms with van der Waals surface area (Å²) in [5.74, 6) is -10.1. The van der Waals surface area contributed by atoms with Gasteiger partial charge in [0.05, 0.1) is 6.42 Å². The minimum atomic E-state index is -1.58. The molecule has 0 spiro atoms. The van der Waals surface area contributed by atoms with Gasteiger partial charge < -0.3 is 52.9 Å². The highest BCUT2D eigenvalue weighted by Gasteiger charge is 2.13. The van der Waals surface area contributed by atoms with Gasteiger partial charge in [0.2, 0.25) is 11.6 Å². The second-order valence-electron chi connectivity index (χ2n) is 6.61. The van der Waals surface area contributed by atoms with Gasteiger partial charge >= 0.3 is 41.8 Å². The molecule has 0 fully saturated rings. The topological polar surface area (TPSA) is 373 Å². The molecule has 19 heteroatoms. The molecule has 0 saturated heterocycles. The number of carboxylic acid groups (broad SMARTS) is 7. The van der Waals surface area contributed by atoms with Crippen LogP contribution in [0, 0.1) is 0 Å². The Bertz CT molecular complexity index is 793. The fraction of sp³-hybridized carbons (Fsp3) is 0.526. The van der Waals surface area contributed by atoms with Crippen LogP contribution in [0.2, 0.25) is 0 Å². The van der Waals surface area contributed by atoms with E-state index in [-0.39, 0.29) is 12.8 Å². The highest BCUT2D eigenvalue weighted by atomic mass is 16.4. The Balaban J connectivity index is -0.000000122. The number of ketones is 2. The average Bonchev–Trinajstić information content (AvgIpc) is 2.76. The normalized spacial score (nSPS) is 11.1. The molecule has 13 N–H and O–H groups in total. The van der Waals surface area contributed by atoms with Crippen molar-refractivity contribution in [2.75, 3.05) is 0 Å². The summed E-state index contributed by atoms with van der Waals surface area (Å²) < 4.78 is 0. The van der Waals surface area contributed by atoms with E-state index in [0.29, 0.717) is 0 Å². The minimum absolute atomic E-state index is 0.0231. The third-order valence-electron chi connectivity index (χ3n) is 2.87. The first kappa shape index (κ1) is 43.6. The van der Waals surface area contributed by atoms with Gasteiger partial charge in [0.15, 0.2) is 0 Å². The van der Waals surface area contributed by atoms with Crippen LogP contribution in [-0.4, -0.2) is 107 Å². The summed E-state index contributed by atoms with van der Waals surface area (Å²) in [5.41, 5.74) is 14.7. The van der Waals surface area contributed by atoms with Crippen molar-refractivity contribution in [2.45, 2.75) is 64.6 Å². The van der Waals surface area contributed by atoms with Gasteiger partial charge in [-0.3, -0.25) is 33.6 Å². The lowest BCUT2D eigenvalue weighted by Crippen LogP contribution is -2.30. The van der Waals surface area contributed by atoms with Gasteiger partial charge in [-0.1, -0.05) is 0 Å². The average molecular weight is 559 g/mol. The number of Topliss-reactive ketones (excluding diaryl/α,β-unsaturated/α-hetero) is 2. The summed E-state index contributed by atoms with van der Waals surface area (Å²) in [5, 5.41) is 55.6. The molecule has 0 unspecified atom stereocenters. The molecule has 0 radical (unpaired) electrons. The van der Waals surface area contributed by atoms with Crippen LogP contribution in [0.3, 0.4) is 0 Å². The molecule has 0 aliphatic carbocycles. The van der Waals surface area contributed by atoms with Crippen LogP contribution in [0.4, 0.5) is 0 Å². The molecule has 0 amide bonds. The van der Waals surface area contributed by atoms with Crippen LogP contribution in [0.1, 0.15) is 46.5 Å². The third-order valence-corrected chi connectivity index (χ3v) is 2.87. The first-order valence-corrected chi connectivity index (χ1v) is 9.89. The van der Waals surface area contributed by atoms with Gasteiger partial charge in [-0.2, -0.15) is 0 Å². The minimum Gasteiger partial charge on any atom is -0.481 e. The zero-order chi connectivity index (χ0) is 31.8. The molecule has 38 heavy (non-hydrogen) atoms. The number of rotatable bonds is 11. The lowest BCUT2D eigenvalue weighted by atomic mass is 10.2. The predicted octanol–water partition coefficient (Wildman–Crippen LogP) is -2.74. The lowest BCUT2D eigenvalue weighted by molar-refractivity contribution is -0.150. The quantitative estimate of drug-likeness (QED) is 0.115. The van der Waals surface area contributed by atoms with E-state index in [1.54, 1.807) is 0 Å². The predicted molar refractivity (Wildman–Crippen MR) is 123 cm³/mol. The fourth-order valence-electron chi connectivity index (χ4n) is 0.730. The SMILES string of the molecule is CC(=O)C(=O)O.C[C@@H](N)C(=O)O.C[C@H](N)C(=O)O.N[C@H](CCC(=O)O)C(=O)O.O=C(O)CCC(=O)C(=O)O. The lowest BCUT2D eigenvalue weighted by Gasteiger charge is -2.01. The van der Waals surface area contributed by atoms with Crippen molar-refractivity contribution < 1.29 is 78.9 Å². The number of aliphatic carboxylic acids is 7. The highest BCUT2D eigenvalue weighted by Crippen LogP contribution is 1.93. The second kappa shape index (κ2) is 25.6. The van der Waals surface area contributed by atoms with Gasteiger partial charge in [0, 0.05) is 19.8 Å². The Morgan fingerprint density at radius 1 is 0.553 bits per heavy atom. The molecule has 220 valence electrons. The van der Waals surface area contributed by atoms with Crippen molar-refractivity contribution in [2.24, 2.45) is 17.2 Å². The van der Waals surface area contributed by atoms with E-state index >= 15 is 0 Å². The number of nitrogens with two attached hydrogens (primary N) is 3. The number of carboxylic acids is 7. The van der Waals surface area contributed by atoms with E-state index in [2.05, 4.69) is 0 Å². The first-order chi connectivity index (χ1) is 17.0. The molecular weight excluding hydrogens is 526 g/mol. The summed E-state index contributed by atoms with van der Waals surface area (Å²) >= 11 is 0. The summed E-state index contributed by atoms with van der Waals surface area (Å²) in [6.07, 6.45) is -1.09. The zero-order valence-corrected chi connectivity index (χ0v) is 20.6. The van der Waals surface area contributed by atoms with Crippen molar-refractivity contribution in [3.63, 3.8) is 0 Å². The zero-order valence-electron chi connectivity index (χ0n) is 20.6.